The van der Waals surface area contributed by atoms with Crippen molar-refractivity contribution in [1.82, 2.24) is 10.3 Å². The van der Waals surface area contributed by atoms with Gasteiger partial charge >= 0.3 is 0 Å². The molecule has 2 N–H and O–H groups in total. The Morgan fingerprint density at radius 1 is 1.26 bits per heavy atom. The first-order valence-corrected chi connectivity index (χ1v) is 8.75. The van der Waals surface area contributed by atoms with Gasteiger partial charge in [-0.2, -0.15) is 0 Å². The number of nitrogens with one attached hydrogen (secondary N) is 2. The van der Waals surface area contributed by atoms with E-state index in [1.807, 2.05) is 30.5 Å². The van der Waals surface area contributed by atoms with Crippen LogP contribution in [0.15, 0.2) is 35.7 Å². The van der Waals surface area contributed by atoms with Gasteiger partial charge in [-0.3, -0.25) is 9.59 Å². The molecule has 3 aromatic rings. The van der Waals surface area contributed by atoms with Crippen molar-refractivity contribution in [2.24, 2.45) is 0 Å². The molecule has 2 aromatic heterocycles. The molecule has 0 bridgehead atoms. The number of anilines is 1. The summed E-state index contributed by atoms with van der Waals surface area (Å²) in [6.07, 6.45) is 0. The number of carbonyl (C=O) groups is 2. The van der Waals surface area contributed by atoms with Gasteiger partial charge in [-0.25, -0.2) is 4.98 Å². The number of thiophene rings is 1. The fourth-order valence-electron chi connectivity index (χ4n) is 2.04. The number of amides is 2. The van der Waals surface area contributed by atoms with E-state index >= 15 is 0 Å². The molecule has 1 atom stereocenters. The molecular formula is C16H15N3O2S2. The van der Waals surface area contributed by atoms with Crippen molar-refractivity contribution in [1.29, 1.82) is 0 Å². The lowest BCUT2D eigenvalue weighted by molar-refractivity contribution is -0.117. The minimum Gasteiger partial charge on any atom is -0.340 e. The number of thiazole rings is 1. The molecule has 0 saturated heterocycles. The Morgan fingerprint density at radius 2 is 2.09 bits per heavy atom. The van der Waals surface area contributed by atoms with Crippen LogP contribution in [0.4, 0.5) is 5.13 Å². The highest BCUT2D eigenvalue weighted by Crippen LogP contribution is 2.26. The third-order valence-electron chi connectivity index (χ3n) is 3.26. The van der Waals surface area contributed by atoms with Crippen molar-refractivity contribution in [3.05, 3.63) is 46.2 Å². The molecule has 118 valence electrons. The smallest absolute Gasteiger partial charge is 0.261 e. The van der Waals surface area contributed by atoms with Gasteiger partial charge in [0.15, 0.2) is 5.13 Å². The predicted octanol–water partition coefficient (Wildman–Crippen LogP) is 3.42. The standard InChI is InChI=1S/C16H15N3O2S2/c1-9-5-6-11-13(8-9)23-16(18-11)19-14(20)10(2)17-15(21)12-4-3-7-22-12/h3-8,10H,1-2H3,(H,17,21)(H,18,19,20). The van der Waals surface area contributed by atoms with Crippen LogP contribution in [0.1, 0.15) is 22.2 Å². The normalized spacial score (nSPS) is 12.1. The lowest BCUT2D eigenvalue weighted by atomic mass is 10.2. The summed E-state index contributed by atoms with van der Waals surface area (Å²) >= 11 is 2.76. The van der Waals surface area contributed by atoms with Crippen LogP contribution in [-0.4, -0.2) is 22.8 Å². The number of benzene rings is 1. The predicted molar refractivity (Wildman–Crippen MR) is 94.2 cm³/mol. The average molecular weight is 345 g/mol. The van der Waals surface area contributed by atoms with Gasteiger partial charge in [0.05, 0.1) is 15.1 Å². The van der Waals surface area contributed by atoms with Crippen LogP contribution >= 0.6 is 22.7 Å². The zero-order chi connectivity index (χ0) is 16.4. The van der Waals surface area contributed by atoms with E-state index in [2.05, 4.69) is 15.6 Å². The summed E-state index contributed by atoms with van der Waals surface area (Å²) in [4.78, 5) is 29.1. The maximum atomic E-state index is 12.2. The molecule has 0 fully saturated rings. The Bertz CT molecular complexity index is 855. The van der Waals surface area contributed by atoms with Gasteiger partial charge in [0.1, 0.15) is 6.04 Å². The Morgan fingerprint density at radius 3 is 2.83 bits per heavy atom. The van der Waals surface area contributed by atoms with Crippen LogP contribution in [0.2, 0.25) is 0 Å². The van der Waals surface area contributed by atoms with Crippen LogP contribution < -0.4 is 10.6 Å². The number of hydrogen-bond acceptors (Lipinski definition) is 5. The third-order valence-corrected chi connectivity index (χ3v) is 5.06. The van der Waals surface area contributed by atoms with Gasteiger partial charge in [-0.1, -0.05) is 23.5 Å². The molecule has 0 radical (unpaired) electrons. The van der Waals surface area contributed by atoms with Crippen LogP contribution in [0, 0.1) is 6.92 Å². The van der Waals surface area contributed by atoms with Crippen molar-refractivity contribution in [2.75, 3.05) is 5.32 Å². The van der Waals surface area contributed by atoms with E-state index in [0.717, 1.165) is 15.8 Å². The minimum atomic E-state index is -0.640. The van der Waals surface area contributed by atoms with E-state index in [1.165, 1.54) is 22.7 Å². The first kappa shape index (κ1) is 15.6. The Hall–Kier alpha value is -2.25. The summed E-state index contributed by atoms with van der Waals surface area (Å²) in [5.74, 6) is -0.534. The van der Waals surface area contributed by atoms with E-state index in [1.54, 1.807) is 19.1 Å². The summed E-state index contributed by atoms with van der Waals surface area (Å²) in [6, 6.07) is 8.83. The highest BCUT2D eigenvalue weighted by molar-refractivity contribution is 7.22. The van der Waals surface area contributed by atoms with E-state index in [-0.39, 0.29) is 11.8 Å². The number of rotatable bonds is 4. The van der Waals surface area contributed by atoms with Crippen LogP contribution in [0.5, 0.6) is 0 Å². The zero-order valence-corrected chi connectivity index (χ0v) is 14.3. The van der Waals surface area contributed by atoms with Gasteiger partial charge in [0, 0.05) is 0 Å². The molecule has 0 aliphatic heterocycles. The molecule has 1 aromatic carbocycles. The van der Waals surface area contributed by atoms with Crippen molar-refractivity contribution in [2.45, 2.75) is 19.9 Å². The molecule has 3 rings (SSSR count). The van der Waals surface area contributed by atoms with E-state index in [4.69, 9.17) is 0 Å². The largest absolute Gasteiger partial charge is 0.340 e. The number of aromatic nitrogens is 1. The topological polar surface area (TPSA) is 71.1 Å². The van der Waals surface area contributed by atoms with Gasteiger partial charge in [-0.05, 0) is 43.0 Å². The summed E-state index contributed by atoms with van der Waals surface area (Å²) < 4.78 is 1.02. The Labute approximate surface area is 141 Å². The molecule has 23 heavy (non-hydrogen) atoms. The van der Waals surface area contributed by atoms with Crippen LogP contribution in [-0.2, 0) is 4.79 Å². The maximum Gasteiger partial charge on any atom is 0.261 e. The van der Waals surface area contributed by atoms with Crippen molar-refractivity contribution < 1.29 is 9.59 Å². The summed E-state index contributed by atoms with van der Waals surface area (Å²) in [5, 5.41) is 7.80. The van der Waals surface area contributed by atoms with Gasteiger partial charge in [-0.15, -0.1) is 11.3 Å². The summed E-state index contributed by atoms with van der Waals surface area (Å²) in [7, 11) is 0. The molecule has 0 aliphatic rings. The van der Waals surface area contributed by atoms with Crippen LogP contribution in [0.3, 0.4) is 0 Å². The second kappa shape index (κ2) is 6.47. The number of carbonyl (C=O) groups excluding carboxylic acids is 2. The highest BCUT2D eigenvalue weighted by atomic mass is 32.1. The number of fused-ring (bicyclic) bond motifs is 1. The second-order valence-electron chi connectivity index (χ2n) is 5.15. The third kappa shape index (κ3) is 3.57. The molecule has 7 heteroatoms. The maximum absolute atomic E-state index is 12.2. The number of hydrogen-bond donors (Lipinski definition) is 2. The molecule has 0 spiro atoms. The average Bonchev–Trinajstić information content (AvgIpc) is 3.15. The fraction of sp³-hybridized carbons (Fsp3) is 0.188. The lowest BCUT2D eigenvalue weighted by Gasteiger charge is -2.12. The van der Waals surface area contributed by atoms with Gasteiger partial charge in [0.25, 0.3) is 5.91 Å². The number of nitrogens with zero attached hydrogens (tertiary/aromatic N) is 1. The molecule has 2 amide bonds. The molecule has 1 unspecified atom stereocenters. The van der Waals surface area contributed by atoms with E-state index in [0.29, 0.717) is 10.0 Å². The molecule has 0 saturated carbocycles. The second-order valence-corrected chi connectivity index (χ2v) is 7.13. The van der Waals surface area contributed by atoms with Crippen molar-refractivity contribution >= 4 is 49.8 Å². The summed E-state index contributed by atoms with van der Waals surface area (Å²) in [5.41, 5.74) is 2.00. The Kier molecular flexibility index (Phi) is 4.40. The van der Waals surface area contributed by atoms with Crippen LogP contribution in [0.25, 0.3) is 10.2 Å². The molecular weight excluding hydrogens is 330 g/mol. The first-order chi connectivity index (χ1) is 11.0. The van der Waals surface area contributed by atoms with E-state index in [9.17, 15) is 9.59 Å². The molecule has 5 nitrogen and oxygen atoms in total. The van der Waals surface area contributed by atoms with Gasteiger partial charge in [0.2, 0.25) is 5.91 Å². The van der Waals surface area contributed by atoms with Crippen molar-refractivity contribution in [3.63, 3.8) is 0 Å². The summed E-state index contributed by atoms with van der Waals surface area (Å²) in [6.45, 7) is 3.66. The fourth-order valence-corrected chi connectivity index (χ4v) is 3.63. The Balaban J connectivity index is 1.66. The first-order valence-electron chi connectivity index (χ1n) is 7.05. The molecule has 2 heterocycles. The lowest BCUT2D eigenvalue weighted by Crippen LogP contribution is -2.41. The van der Waals surface area contributed by atoms with E-state index < -0.39 is 6.04 Å². The monoisotopic (exact) mass is 345 g/mol. The van der Waals surface area contributed by atoms with Gasteiger partial charge < -0.3 is 10.6 Å². The SMILES string of the molecule is Cc1ccc2nc(NC(=O)C(C)NC(=O)c3cccs3)sc2c1. The highest BCUT2D eigenvalue weighted by Gasteiger charge is 2.18. The number of aryl methyl sites for hydroxylation is 1. The quantitative estimate of drug-likeness (QED) is 0.761. The molecule has 0 aliphatic carbocycles. The zero-order valence-electron chi connectivity index (χ0n) is 12.6. The van der Waals surface area contributed by atoms with Crippen molar-refractivity contribution in [3.8, 4) is 0 Å². The minimum absolute atomic E-state index is 0.248.